The largest absolute Gasteiger partial charge is 0.381 e. The second-order valence-corrected chi connectivity index (χ2v) is 10.2. The van der Waals surface area contributed by atoms with Gasteiger partial charge in [0.05, 0.1) is 0 Å². The normalized spacial score (nSPS) is 30.4. The molecule has 5 rings (SSSR count). The van der Waals surface area contributed by atoms with Crippen LogP contribution in [0.4, 0.5) is 11.4 Å². The molecule has 4 fully saturated rings. The Labute approximate surface area is 177 Å². The predicted octanol–water partition coefficient (Wildman–Crippen LogP) is 4.46. The molecule has 1 spiro atoms. The number of ether oxygens (including phenoxy) is 1. The smallest absolute Gasteiger partial charge is 0.0472 e. The van der Waals surface area contributed by atoms with E-state index < -0.39 is 0 Å². The van der Waals surface area contributed by atoms with Gasteiger partial charge in [0.25, 0.3) is 0 Å². The van der Waals surface area contributed by atoms with Crippen LogP contribution in [-0.2, 0) is 4.74 Å². The number of aryl methyl sites for hydroxylation is 1. The molecular formula is C25H39N3O. The molecule has 4 aliphatic rings. The molecule has 0 aliphatic carbocycles. The van der Waals surface area contributed by atoms with Crippen molar-refractivity contribution in [2.75, 3.05) is 55.7 Å². The first kappa shape index (κ1) is 19.7. The maximum atomic E-state index is 5.66. The van der Waals surface area contributed by atoms with Crippen LogP contribution in [0.15, 0.2) is 18.2 Å². The minimum atomic E-state index is 0.496. The number of likely N-dealkylation sites (tertiary alicyclic amines) is 1. The number of rotatable bonds is 3. The van der Waals surface area contributed by atoms with E-state index in [-0.39, 0.29) is 0 Å². The van der Waals surface area contributed by atoms with E-state index >= 15 is 0 Å². The summed E-state index contributed by atoms with van der Waals surface area (Å²) in [6.07, 6.45) is 9.27. The summed E-state index contributed by atoms with van der Waals surface area (Å²) in [6, 6.07) is 8.79. The van der Waals surface area contributed by atoms with Crippen molar-refractivity contribution in [3.63, 3.8) is 0 Å². The lowest BCUT2D eigenvalue weighted by Crippen LogP contribution is -2.46. The SMILES string of the molecule is Cc1cc(N2CC[C@H](N3CCC[C@H]3C)C2)ccc1N1CCCC2(CCOCC2)C1. The Kier molecular flexibility index (Phi) is 5.51. The quantitative estimate of drug-likeness (QED) is 0.750. The zero-order valence-corrected chi connectivity index (χ0v) is 18.5. The summed E-state index contributed by atoms with van der Waals surface area (Å²) < 4.78 is 5.66. The second kappa shape index (κ2) is 8.11. The Bertz CT molecular complexity index is 709. The Morgan fingerprint density at radius 1 is 0.966 bits per heavy atom. The molecule has 1 aromatic carbocycles. The second-order valence-electron chi connectivity index (χ2n) is 10.2. The van der Waals surface area contributed by atoms with E-state index in [1.54, 1.807) is 0 Å². The molecule has 0 aromatic heterocycles. The van der Waals surface area contributed by atoms with E-state index in [0.29, 0.717) is 5.41 Å². The van der Waals surface area contributed by atoms with E-state index in [0.717, 1.165) is 25.3 Å². The van der Waals surface area contributed by atoms with E-state index in [9.17, 15) is 0 Å². The van der Waals surface area contributed by atoms with Gasteiger partial charge >= 0.3 is 0 Å². The van der Waals surface area contributed by atoms with Gasteiger partial charge in [-0.25, -0.2) is 0 Å². The number of benzene rings is 1. The monoisotopic (exact) mass is 397 g/mol. The van der Waals surface area contributed by atoms with Crippen molar-refractivity contribution >= 4 is 11.4 Å². The highest BCUT2D eigenvalue weighted by atomic mass is 16.5. The summed E-state index contributed by atoms with van der Waals surface area (Å²) in [7, 11) is 0. The summed E-state index contributed by atoms with van der Waals surface area (Å²) in [5, 5.41) is 0. The van der Waals surface area contributed by atoms with Crippen molar-refractivity contribution in [3.8, 4) is 0 Å². The zero-order valence-electron chi connectivity index (χ0n) is 18.5. The number of hydrogen-bond donors (Lipinski definition) is 0. The molecule has 0 saturated carbocycles. The molecule has 160 valence electrons. The lowest BCUT2D eigenvalue weighted by atomic mass is 9.73. The lowest BCUT2D eigenvalue weighted by Gasteiger charge is -2.46. The van der Waals surface area contributed by atoms with E-state index in [1.807, 2.05) is 0 Å². The molecule has 4 heteroatoms. The number of anilines is 2. The maximum Gasteiger partial charge on any atom is 0.0472 e. The van der Waals surface area contributed by atoms with Crippen molar-refractivity contribution in [1.82, 2.24) is 4.90 Å². The average molecular weight is 398 g/mol. The van der Waals surface area contributed by atoms with Gasteiger partial charge in [0.2, 0.25) is 0 Å². The maximum absolute atomic E-state index is 5.66. The summed E-state index contributed by atoms with van der Waals surface area (Å²) in [5.41, 5.74) is 4.84. The Morgan fingerprint density at radius 2 is 1.83 bits per heavy atom. The summed E-state index contributed by atoms with van der Waals surface area (Å²) >= 11 is 0. The average Bonchev–Trinajstić information content (AvgIpc) is 3.37. The van der Waals surface area contributed by atoms with Crippen LogP contribution in [0.3, 0.4) is 0 Å². The molecule has 0 amide bonds. The fourth-order valence-corrected chi connectivity index (χ4v) is 6.56. The van der Waals surface area contributed by atoms with Crippen molar-refractivity contribution in [2.45, 2.75) is 70.9 Å². The highest BCUT2D eigenvalue weighted by molar-refractivity contribution is 5.62. The first-order chi connectivity index (χ1) is 14.1. The number of nitrogens with zero attached hydrogens (tertiary/aromatic N) is 3. The first-order valence-electron chi connectivity index (χ1n) is 12.1. The Morgan fingerprint density at radius 3 is 2.59 bits per heavy atom. The van der Waals surface area contributed by atoms with Crippen molar-refractivity contribution in [2.24, 2.45) is 5.41 Å². The standard InChI is InChI=1S/C25H39N3O/c1-20-17-22(26-14-8-23(18-26)28-13-3-5-21(28)2)6-7-24(20)27-12-4-9-25(19-27)10-15-29-16-11-25/h6-7,17,21,23H,3-5,8-16,18-19H2,1-2H3/t21-,23+/m1/s1. The zero-order chi connectivity index (χ0) is 19.8. The van der Waals surface area contributed by atoms with Crippen molar-refractivity contribution in [3.05, 3.63) is 23.8 Å². The molecule has 4 heterocycles. The van der Waals surface area contributed by atoms with Gasteiger partial charge in [-0.05, 0) is 94.5 Å². The van der Waals surface area contributed by atoms with Gasteiger partial charge in [0, 0.05) is 62.9 Å². The molecule has 0 unspecified atom stereocenters. The molecule has 0 bridgehead atoms. The molecule has 4 nitrogen and oxygen atoms in total. The summed E-state index contributed by atoms with van der Waals surface area (Å²) in [5.74, 6) is 0. The Balaban J connectivity index is 1.27. The van der Waals surface area contributed by atoms with Gasteiger partial charge in [0.1, 0.15) is 0 Å². The molecular weight excluding hydrogens is 358 g/mol. The van der Waals surface area contributed by atoms with Gasteiger partial charge in [-0.15, -0.1) is 0 Å². The van der Waals surface area contributed by atoms with E-state index in [2.05, 4.69) is 46.7 Å². The van der Waals surface area contributed by atoms with E-state index in [4.69, 9.17) is 4.74 Å². The summed E-state index contributed by atoms with van der Waals surface area (Å²) in [4.78, 5) is 8.07. The fraction of sp³-hybridized carbons (Fsp3) is 0.760. The van der Waals surface area contributed by atoms with Crippen LogP contribution in [0, 0.1) is 12.3 Å². The Hall–Kier alpha value is -1.26. The third-order valence-electron chi connectivity index (χ3n) is 8.34. The van der Waals surface area contributed by atoms with Crippen LogP contribution < -0.4 is 9.80 Å². The number of hydrogen-bond acceptors (Lipinski definition) is 4. The molecule has 4 saturated heterocycles. The van der Waals surface area contributed by atoms with Gasteiger partial charge in [-0.2, -0.15) is 0 Å². The van der Waals surface area contributed by atoms with Crippen LogP contribution in [0.5, 0.6) is 0 Å². The predicted molar refractivity (Wildman–Crippen MR) is 121 cm³/mol. The van der Waals surface area contributed by atoms with Gasteiger partial charge in [-0.3, -0.25) is 4.90 Å². The van der Waals surface area contributed by atoms with Gasteiger partial charge < -0.3 is 14.5 Å². The van der Waals surface area contributed by atoms with Crippen LogP contribution >= 0.6 is 0 Å². The fourth-order valence-electron chi connectivity index (χ4n) is 6.56. The molecule has 29 heavy (non-hydrogen) atoms. The summed E-state index contributed by atoms with van der Waals surface area (Å²) in [6.45, 7) is 12.8. The van der Waals surface area contributed by atoms with E-state index in [1.165, 1.54) is 94.6 Å². The van der Waals surface area contributed by atoms with Gasteiger partial charge in [-0.1, -0.05) is 0 Å². The van der Waals surface area contributed by atoms with Crippen molar-refractivity contribution < 1.29 is 4.74 Å². The van der Waals surface area contributed by atoms with Crippen LogP contribution in [0.2, 0.25) is 0 Å². The number of piperidine rings is 1. The lowest BCUT2D eigenvalue weighted by molar-refractivity contribution is 0.00756. The molecule has 0 N–H and O–H groups in total. The molecule has 4 aliphatic heterocycles. The minimum Gasteiger partial charge on any atom is -0.381 e. The molecule has 2 atom stereocenters. The third kappa shape index (κ3) is 3.90. The van der Waals surface area contributed by atoms with Gasteiger partial charge in [0.15, 0.2) is 0 Å². The van der Waals surface area contributed by atoms with Crippen LogP contribution in [0.1, 0.15) is 57.4 Å². The molecule has 0 radical (unpaired) electrons. The van der Waals surface area contributed by atoms with Crippen molar-refractivity contribution in [1.29, 1.82) is 0 Å². The third-order valence-corrected chi connectivity index (χ3v) is 8.34. The van der Waals surface area contributed by atoms with Crippen LogP contribution in [0.25, 0.3) is 0 Å². The topological polar surface area (TPSA) is 19.0 Å². The first-order valence-corrected chi connectivity index (χ1v) is 12.1. The highest BCUT2D eigenvalue weighted by Crippen LogP contribution is 2.41. The van der Waals surface area contributed by atoms with Crippen LogP contribution in [-0.4, -0.2) is 62.9 Å². The minimum absolute atomic E-state index is 0.496. The molecule has 1 aromatic rings. The highest BCUT2D eigenvalue weighted by Gasteiger charge is 2.37.